The first-order chi connectivity index (χ1) is 8.11. The predicted molar refractivity (Wildman–Crippen MR) is 77.5 cm³/mol. The van der Waals surface area contributed by atoms with Gasteiger partial charge in [-0.1, -0.05) is 22.9 Å². The van der Waals surface area contributed by atoms with Crippen molar-refractivity contribution in [3.8, 4) is 0 Å². The maximum atomic E-state index is 5.71. The summed E-state index contributed by atoms with van der Waals surface area (Å²) in [6, 6.07) is 7.20. The molecule has 1 aliphatic rings. The number of hydrogen-bond donors (Lipinski definition) is 1. The second kappa shape index (κ2) is 5.40. The van der Waals surface area contributed by atoms with Gasteiger partial charge >= 0.3 is 0 Å². The molecule has 1 aromatic rings. The van der Waals surface area contributed by atoms with Gasteiger partial charge in [0.1, 0.15) is 0 Å². The average molecular weight is 297 g/mol. The van der Waals surface area contributed by atoms with E-state index >= 15 is 0 Å². The fraction of sp³-hybridized carbons (Fsp3) is 0.571. The van der Waals surface area contributed by atoms with E-state index in [4.69, 9.17) is 5.73 Å². The first-order valence-electron chi connectivity index (χ1n) is 6.37. The molecule has 2 atom stereocenters. The number of hydrogen-bond acceptors (Lipinski definition) is 2. The van der Waals surface area contributed by atoms with Gasteiger partial charge < -0.3 is 10.6 Å². The lowest BCUT2D eigenvalue weighted by Gasteiger charge is -2.26. The van der Waals surface area contributed by atoms with Crippen molar-refractivity contribution < 1.29 is 0 Å². The van der Waals surface area contributed by atoms with Gasteiger partial charge in [0.25, 0.3) is 0 Å². The zero-order valence-corrected chi connectivity index (χ0v) is 12.2. The Balaban J connectivity index is 2.30. The van der Waals surface area contributed by atoms with E-state index in [-0.39, 0.29) is 0 Å². The molecule has 94 valence electrons. The largest absolute Gasteiger partial charge is 0.368 e. The molecule has 2 rings (SSSR count). The summed E-state index contributed by atoms with van der Waals surface area (Å²) >= 11 is 3.54. The van der Waals surface area contributed by atoms with E-state index in [0.29, 0.717) is 12.6 Å². The molecule has 1 saturated heterocycles. The second-order valence-electron chi connectivity index (χ2n) is 5.15. The van der Waals surface area contributed by atoms with E-state index in [0.717, 1.165) is 16.8 Å². The van der Waals surface area contributed by atoms with E-state index in [1.54, 1.807) is 0 Å². The SMILES string of the molecule is CC1CC(C)N(c2ccc(Br)cc2CCN)C1. The third kappa shape index (κ3) is 2.83. The van der Waals surface area contributed by atoms with Crippen molar-refractivity contribution in [2.75, 3.05) is 18.0 Å². The zero-order valence-electron chi connectivity index (χ0n) is 10.6. The van der Waals surface area contributed by atoms with Crippen molar-refractivity contribution in [3.05, 3.63) is 28.2 Å². The summed E-state index contributed by atoms with van der Waals surface area (Å²) < 4.78 is 1.14. The molecule has 1 aliphatic heterocycles. The van der Waals surface area contributed by atoms with Crippen LogP contribution in [0.1, 0.15) is 25.8 Å². The molecule has 0 aromatic heterocycles. The van der Waals surface area contributed by atoms with Gasteiger partial charge in [0.2, 0.25) is 0 Å². The van der Waals surface area contributed by atoms with Gasteiger partial charge in [0.05, 0.1) is 0 Å². The van der Waals surface area contributed by atoms with Crippen LogP contribution in [0.5, 0.6) is 0 Å². The van der Waals surface area contributed by atoms with Gasteiger partial charge in [-0.3, -0.25) is 0 Å². The van der Waals surface area contributed by atoms with Crippen LogP contribution < -0.4 is 10.6 Å². The highest BCUT2D eigenvalue weighted by molar-refractivity contribution is 9.10. The van der Waals surface area contributed by atoms with Gasteiger partial charge in [-0.25, -0.2) is 0 Å². The first-order valence-corrected chi connectivity index (χ1v) is 7.16. The molecule has 1 fully saturated rings. The van der Waals surface area contributed by atoms with Gasteiger partial charge in [-0.05, 0) is 56.0 Å². The quantitative estimate of drug-likeness (QED) is 0.928. The van der Waals surface area contributed by atoms with Gasteiger partial charge in [0, 0.05) is 22.7 Å². The zero-order chi connectivity index (χ0) is 12.4. The number of halogens is 1. The topological polar surface area (TPSA) is 29.3 Å². The molecule has 2 unspecified atom stereocenters. The minimum absolute atomic E-state index is 0.641. The molecule has 17 heavy (non-hydrogen) atoms. The maximum Gasteiger partial charge on any atom is 0.0402 e. The molecular formula is C14H21BrN2. The molecule has 0 amide bonds. The van der Waals surface area contributed by atoms with E-state index < -0.39 is 0 Å². The van der Waals surface area contributed by atoms with Gasteiger partial charge in [0.15, 0.2) is 0 Å². The average Bonchev–Trinajstić information content (AvgIpc) is 2.59. The van der Waals surface area contributed by atoms with Gasteiger partial charge in [-0.15, -0.1) is 0 Å². The van der Waals surface area contributed by atoms with Crippen molar-refractivity contribution in [1.29, 1.82) is 0 Å². The van der Waals surface area contributed by atoms with E-state index in [9.17, 15) is 0 Å². The molecule has 1 aromatic carbocycles. The van der Waals surface area contributed by atoms with Crippen LogP contribution in [-0.2, 0) is 6.42 Å². The summed E-state index contributed by atoms with van der Waals surface area (Å²) in [7, 11) is 0. The summed E-state index contributed by atoms with van der Waals surface area (Å²) in [5.74, 6) is 0.791. The summed E-state index contributed by atoms with van der Waals surface area (Å²) in [5.41, 5.74) is 8.44. The molecular weight excluding hydrogens is 276 g/mol. The Morgan fingerprint density at radius 1 is 1.41 bits per heavy atom. The van der Waals surface area contributed by atoms with Crippen molar-refractivity contribution in [3.63, 3.8) is 0 Å². The molecule has 0 bridgehead atoms. The molecule has 1 heterocycles. The second-order valence-corrected chi connectivity index (χ2v) is 6.07. The van der Waals surface area contributed by atoms with E-state index in [1.807, 2.05) is 0 Å². The van der Waals surface area contributed by atoms with Crippen molar-refractivity contribution >= 4 is 21.6 Å². The summed E-state index contributed by atoms with van der Waals surface area (Å²) in [4.78, 5) is 2.53. The predicted octanol–water partition coefficient (Wildman–Crippen LogP) is 3.19. The molecule has 0 saturated carbocycles. The standard InChI is InChI=1S/C14H21BrN2/c1-10-7-11(2)17(9-10)14-4-3-13(15)8-12(14)5-6-16/h3-4,8,10-11H,5-7,9,16H2,1-2H3. The summed E-state index contributed by atoms with van der Waals surface area (Å²) in [6.45, 7) is 6.53. The first kappa shape index (κ1) is 12.9. The number of rotatable bonds is 3. The van der Waals surface area contributed by atoms with Crippen LogP contribution in [0.3, 0.4) is 0 Å². The van der Waals surface area contributed by atoms with Crippen LogP contribution in [0.4, 0.5) is 5.69 Å². The third-order valence-electron chi connectivity index (χ3n) is 3.55. The normalized spacial score (nSPS) is 24.4. The summed E-state index contributed by atoms with van der Waals surface area (Å²) in [5, 5.41) is 0. The fourth-order valence-corrected chi connectivity index (χ4v) is 3.23. The lowest BCUT2D eigenvalue weighted by atomic mass is 10.1. The van der Waals surface area contributed by atoms with Crippen molar-refractivity contribution in [2.24, 2.45) is 11.7 Å². The Kier molecular flexibility index (Phi) is 4.10. The van der Waals surface area contributed by atoms with Crippen molar-refractivity contribution in [1.82, 2.24) is 0 Å². The minimum atomic E-state index is 0.641. The van der Waals surface area contributed by atoms with Crippen LogP contribution >= 0.6 is 15.9 Å². The minimum Gasteiger partial charge on any atom is -0.368 e. The van der Waals surface area contributed by atoms with Crippen molar-refractivity contribution in [2.45, 2.75) is 32.7 Å². The van der Waals surface area contributed by atoms with Crippen LogP contribution in [0.15, 0.2) is 22.7 Å². The summed E-state index contributed by atoms with van der Waals surface area (Å²) in [6.07, 6.45) is 2.24. The lowest BCUT2D eigenvalue weighted by molar-refractivity contribution is 0.625. The fourth-order valence-electron chi connectivity index (χ4n) is 2.83. The van der Waals surface area contributed by atoms with Crippen LogP contribution in [0.2, 0.25) is 0 Å². The molecule has 3 heteroatoms. The van der Waals surface area contributed by atoms with Crippen LogP contribution in [0, 0.1) is 5.92 Å². The van der Waals surface area contributed by atoms with Crippen LogP contribution in [0.25, 0.3) is 0 Å². The Hall–Kier alpha value is -0.540. The Morgan fingerprint density at radius 2 is 2.18 bits per heavy atom. The molecule has 0 spiro atoms. The third-order valence-corrected chi connectivity index (χ3v) is 4.04. The Morgan fingerprint density at radius 3 is 2.76 bits per heavy atom. The highest BCUT2D eigenvalue weighted by Gasteiger charge is 2.27. The van der Waals surface area contributed by atoms with E-state index in [2.05, 4.69) is 52.9 Å². The number of nitrogens with two attached hydrogens (primary N) is 1. The molecule has 2 N–H and O–H groups in total. The van der Waals surface area contributed by atoms with E-state index in [1.165, 1.54) is 24.2 Å². The highest BCUT2D eigenvalue weighted by atomic mass is 79.9. The molecule has 2 nitrogen and oxygen atoms in total. The monoisotopic (exact) mass is 296 g/mol. The molecule has 0 radical (unpaired) electrons. The van der Waals surface area contributed by atoms with Crippen LogP contribution in [-0.4, -0.2) is 19.1 Å². The number of benzene rings is 1. The highest BCUT2D eigenvalue weighted by Crippen LogP contribution is 2.32. The maximum absolute atomic E-state index is 5.71. The lowest BCUT2D eigenvalue weighted by Crippen LogP contribution is -2.28. The Labute approximate surface area is 112 Å². The smallest absolute Gasteiger partial charge is 0.0402 e. The van der Waals surface area contributed by atoms with Gasteiger partial charge in [-0.2, -0.15) is 0 Å². The Bertz CT molecular complexity index is 392. The number of nitrogens with zero attached hydrogens (tertiary/aromatic N) is 1. The number of anilines is 1. The molecule has 0 aliphatic carbocycles.